The van der Waals surface area contributed by atoms with Gasteiger partial charge in [-0.1, -0.05) is 12.1 Å². The molecule has 2 saturated carbocycles. The summed E-state index contributed by atoms with van der Waals surface area (Å²) in [6, 6.07) is 14.3. The van der Waals surface area contributed by atoms with Gasteiger partial charge in [0.25, 0.3) is 0 Å². The van der Waals surface area contributed by atoms with Crippen molar-refractivity contribution >= 4 is 16.7 Å². The van der Waals surface area contributed by atoms with Gasteiger partial charge in [-0.25, -0.2) is 9.67 Å². The molecule has 0 N–H and O–H groups in total. The summed E-state index contributed by atoms with van der Waals surface area (Å²) in [6.45, 7) is 6.99. The van der Waals surface area contributed by atoms with Crippen LogP contribution in [-0.4, -0.2) is 64.6 Å². The molecule has 0 radical (unpaired) electrons. The maximum atomic E-state index is 10.0. The van der Waals surface area contributed by atoms with E-state index < -0.39 is 0 Å². The van der Waals surface area contributed by atoms with E-state index in [1.54, 1.807) is 0 Å². The predicted octanol–water partition coefficient (Wildman–Crippen LogP) is 3.67. The highest BCUT2D eigenvalue weighted by atomic mass is 16.5. The number of hydrogen-bond donors (Lipinski definition) is 0. The molecule has 34 heavy (non-hydrogen) atoms. The van der Waals surface area contributed by atoms with Gasteiger partial charge >= 0.3 is 0 Å². The Bertz CT molecular complexity index is 1290. The van der Waals surface area contributed by atoms with Gasteiger partial charge in [-0.3, -0.25) is 4.90 Å². The summed E-state index contributed by atoms with van der Waals surface area (Å²) in [5, 5.41) is 15.9. The second-order valence-corrected chi connectivity index (χ2v) is 11.0. The summed E-state index contributed by atoms with van der Waals surface area (Å²) in [4.78, 5) is 9.66. The largest absolute Gasteiger partial charge is 0.378 e. The van der Waals surface area contributed by atoms with Gasteiger partial charge in [0, 0.05) is 43.3 Å². The van der Waals surface area contributed by atoms with Crippen molar-refractivity contribution in [1.29, 1.82) is 5.26 Å². The molecule has 2 saturated heterocycles. The van der Waals surface area contributed by atoms with Gasteiger partial charge in [0.2, 0.25) is 0 Å². The van der Waals surface area contributed by atoms with E-state index >= 15 is 0 Å². The highest BCUT2D eigenvalue weighted by Crippen LogP contribution is 2.68. The van der Waals surface area contributed by atoms with Crippen LogP contribution in [0.3, 0.4) is 0 Å². The zero-order valence-corrected chi connectivity index (χ0v) is 19.7. The molecular weight excluding hydrogens is 424 g/mol. The zero-order chi connectivity index (χ0) is 22.9. The number of anilines is 1. The Balaban J connectivity index is 1.18. The number of nitriles is 1. The molecule has 2 aromatic heterocycles. The number of benzene rings is 1. The van der Waals surface area contributed by atoms with Crippen molar-refractivity contribution in [3.05, 3.63) is 48.3 Å². The molecule has 7 heteroatoms. The monoisotopic (exact) mass is 454 g/mol. The van der Waals surface area contributed by atoms with Crippen LogP contribution >= 0.6 is 0 Å². The highest BCUT2D eigenvalue weighted by Gasteiger charge is 2.61. The van der Waals surface area contributed by atoms with Crippen molar-refractivity contribution in [2.75, 3.05) is 37.7 Å². The van der Waals surface area contributed by atoms with E-state index in [0.29, 0.717) is 17.5 Å². The topological polar surface area (TPSA) is 70.2 Å². The van der Waals surface area contributed by atoms with Crippen LogP contribution < -0.4 is 4.90 Å². The minimum Gasteiger partial charge on any atom is -0.378 e. The number of rotatable bonds is 4. The molecule has 1 unspecified atom stereocenters. The second-order valence-electron chi connectivity index (χ2n) is 11.0. The van der Waals surface area contributed by atoms with Gasteiger partial charge in [0.1, 0.15) is 5.82 Å². The predicted molar refractivity (Wildman–Crippen MR) is 130 cm³/mol. The molecule has 1 atom stereocenters. The average Bonchev–Trinajstić information content (AvgIpc) is 3.48. The van der Waals surface area contributed by atoms with Crippen molar-refractivity contribution in [1.82, 2.24) is 19.7 Å². The molecule has 7 nitrogen and oxygen atoms in total. The molecule has 0 amide bonds. The van der Waals surface area contributed by atoms with Gasteiger partial charge in [-0.2, -0.15) is 10.4 Å². The first-order chi connectivity index (χ1) is 16.6. The average molecular weight is 455 g/mol. The van der Waals surface area contributed by atoms with Crippen LogP contribution in [0, 0.1) is 16.7 Å². The Labute approximate surface area is 199 Å². The molecule has 7 rings (SSSR count). The van der Waals surface area contributed by atoms with E-state index in [4.69, 9.17) is 14.8 Å². The SMILES string of the molecule is CC1CN(c2cc(-n3ncc4ccc(C5(C#N)CC6(CC6)C5)cc43)ccn2)CCN1C1COC1. The third-order valence-electron chi connectivity index (χ3n) is 8.71. The fourth-order valence-corrected chi connectivity index (χ4v) is 6.48. The van der Waals surface area contributed by atoms with Crippen molar-refractivity contribution in [2.24, 2.45) is 5.41 Å². The molecule has 4 fully saturated rings. The molecular formula is C27H30N6O. The van der Waals surface area contributed by atoms with Crippen LogP contribution in [0.15, 0.2) is 42.7 Å². The first kappa shape index (κ1) is 20.4. The lowest BCUT2D eigenvalue weighted by Gasteiger charge is -2.46. The Morgan fingerprint density at radius 2 is 1.97 bits per heavy atom. The molecule has 174 valence electrons. The number of piperazine rings is 1. The lowest BCUT2D eigenvalue weighted by atomic mass is 9.57. The van der Waals surface area contributed by atoms with Gasteiger partial charge < -0.3 is 9.64 Å². The number of pyridine rings is 1. The van der Waals surface area contributed by atoms with Crippen LogP contribution in [0.4, 0.5) is 5.82 Å². The minimum atomic E-state index is -0.329. The Morgan fingerprint density at radius 1 is 1.12 bits per heavy atom. The summed E-state index contributed by atoms with van der Waals surface area (Å²) in [7, 11) is 0. The van der Waals surface area contributed by atoms with Crippen LogP contribution in [-0.2, 0) is 10.2 Å². The summed E-state index contributed by atoms with van der Waals surface area (Å²) >= 11 is 0. The van der Waals surface area contributed by atoms with Crippen LogP contribution in [0.25, 0.3) is 16.6 Å². The lowest BCUT2D eigenvalue weighted by Crippen LogP contribution is -2.60. The Hall–Kier alpha value is -2.95. The Kier molecular flexibility index (Phi) is 4.37. The van der Waals surface area contributed by atoms with E-state index in [1.807, 2.05) is 23.1 Å². The number of hydrogen-bond acceptors (Lipinski definition) is 6. The summed E-state index contributed by atoms with van der Waals surface area (Å²) in [6.07, 6.45) is 8.40. The maximum absolute atomic E-state index is 10.0. The molecule has 3 aromatic rings. The smallest absolute Gasteiger partial charge is 0.130 e. The van der Waals surface area contributed by atoms with Crippen molar-refractivity contribution in [3.8, 4) is 11.8 Å². The molecule has 4 aliphatic rings. The molecule has 2 aliphatic carbocycles. The fourth-order valence-electron chi connectivity index (χ4n) is 6.48. The molecule has 4 heterocycles. The van der Waals surface area contributed by atoms with Crippen LogP contribution in [0.1, 0.15) is 38.2 Å². The van der Waals surface area contributed by atoms with Crippen molar-refractivity contribution in [3.63, 3.8) is 0 Å². The molecule has 1 aromatic carbocycles. The van der Waals surface area contributed by atoms with Crippen molar-refractivity contribution in [2.45, 2.75) is 50.1 Å². The Morgan fingerprint density at radius 3 is 2.68 bits per heavy atom. The summed E-state index contributed by atoms with van der Waals surface area (Å²) < 4.78 is 7.41. The fraction of sp³-hybridized carbons (Fsp3) is 0.519. The quantitative estimate of drug-likeness (QED) is 0.599. The van der Waals surface area contributed by atoms with Gasteiger partial charge in [0.05, 0.1) is 48.1 Å². The third-order valence-corrected chi connectivity index (χ3v) is 8.71. The zero-order valence-electron chi connectivity index (χ0n) is 19.7. The van der Waals surface area contributed by atoms with E-state index in [1.165, 1.54) is 12.8 Å². The third kappa shape index (κ3) is 3.09. The first-order valence-corrected chi connectivity index (χ1v) is 12.5. The van der Waals surface area contributed by atoms with E-state index in [-0.39, 0.29) is 5.41 Å². The first-order valence-electron chi connectivity index (χ1n) is 12.5. The number of aromatic nitrogens is 3. The summed E-state index contributed by atoms with van der Waals surface area (Å²) in [5.41, 5.74) is 3.35. The highest BCUT2D eigenvalue weighted by molar-refractivity contribution is 5.81. The van der Waals surface area contributed by atoms with E-state index in [2.05, 4.69) is 47.1 Å². The van der Waals surface area contributed by atoms with Crippen LogP contribution in [0.2, 0.25) is 0 Å². The number of ether oxygens (including phenoxy) is 1. The second kappa shape index (κ2) is 7.27. The van der Waals surface area contributed by atoms with Gasteiger partial charge in [-0.05, 0) is 55.7 Å². The molecule has 1 spiro atoms. The molecule has 0 bridgehead atoms. The maximum Gasteiger partial charge on any atom is 0.130 e. The minimum absolute atomic E-state index is 0.329. The normalized spacial score (nSPS) is 25.6. The van der Waals surface area contributed by atoms with E-state index in [9.17, 15) is 5.26 Å². The molecule has 2 aliphatic heterocycles. The number of fused-ring (bicyclic) bond motifs is 1. The lowest BCUT2D eigenvalue weighted by molar-refractivity contribution is -0.0793. The standard InChI is InChI=1S/C27H30N6O/c1-19-13-31(8-9-32(19)23-14-34-15-23)25-11-22(4-7-29-25)33-24-10-21(3-2-20(24)12-30-33)27(18-28)16-26(17-27)5-6-26/h2-4,7,10-12,19,23H,5-6,8-9,13-17H2,1H3. The van der Waals surface area contributed by atoms with Crippen molar-refractivity contribution < 1.29 is 4.74 Å². The van der Waals surface area contributed by atoms with E-state index in [0.717, 1.165) is 73.7 Å². The number of nitrogens with zero attached hydrogens (tertiary/aromatic N) is 6. The van der Waals surface area contributed by atoms with Crippen LogP contribution in [0.5, 0.6) is 0 Å². The van der Waals surface area contributed by atoms with Gasteiger partial charge in [0.15, 0.2) is 0 Å². The summed E-state index contributed by atoms with van der Waals surface area (Å²) in [5.74, 6) is 0.997. The van der Waals surface area contributed by atoms with Gasteiger partial charge in [-0.15, -0.1) is 0 Å².